The first-order valence-corrected chi connectivity index (χ1v) is 8.61. The van der Waals surface area contributed by atoms with Gasteiger partial charge in [0.25, 0.3) is 0 Å². The molecule has 2 N–H and O–H groups in total. The third kappa shape index (κ3) is 3.31. The zero-order valence-corrected chi connectivity index (χ0v) is 14.3. The largest absolute Gasteiger partial charge is 0.351 e. The molecule has 3 rings (SSSR count). The molecule has 2 aromatic rings. The number of aromatic nitrogens is 1. The second-order valence-electron chi connectivity index (χ2n) is 5.71. The summed E-state index contributed by atoms with van der Waals surface area (Å²) < 4.78 is 13.5. The molecule has 0 unspecified atom stereocenters. The van der Waals surface area contributed by atoms with Crippen molar-refractivity contribution < 1.29 is 14.0 Å². The van der Waals surface area contributed by atoms with Gasteiger partial charge in [0.1, 0.15) is 5.82 Å². The highest BCUT2D eigenvalue weighted by molar-refractivity contribution is 7.11. The van der Waals surface area contributed by atoms with Gasteiger partial charge in [0.05, 0.1) is 23.2 Å². The van der Waals surface area contributed by atoms with E-state index >= 15 is 0 Å². The number of rotatable bonds is 4. The van der Waals surface area contributed by atoms with Crippen LogP contribution in [0.25, 0.3) is 0 Å². The zero-order valence-electron chi connectivity index (χ0n) is 13.5. The average Bonchev–Trinajstić information content (AvgIpc) is 2.92. The maximum Gasteiger partial charge on any atom is 0.228 e. The second-order valence-corrected chi connectivity index (χ2v) is 7.00. The maximum atomic E-state index is 13.5. The lowest BCUT2D eigenvalue weighted by Crippen LogP contribution is -2.34. The first-order valence-electron chi connectivity index (χ1n) is 7.80. The quantitative estimate of drug-likeness (QED) is 0.893. The summed E-state index contributed by atoms with van der Waals surface area (Å²) in [7, 11) is 0. The van der Waals surface area contributed by atoms with E-state index in [-0.39, 0.29) is 18.2 Å². The maximum absolute atomic E-state index is 13.5. The minimum Gasteiger partial charge on any atom is -0.351 e. The number of benzene rings is 1. The number of anilines is 1. The molecule has 1 aliphatic rings. The van der Waals surface area contributed by atoms with Crippen LogP contribution in [0.4, 0.5) is 10.1 Å². The Morgan fingerprint density at radius 1 is 1.50 bits per heavy atom. The number of thiazole rings is 1. The van der Waals surface area contributed by atoms with E-state index in [1.807, 2.05) is 13.8 Å². The summed E-state index contributed by atoms with van der Waals surface area (Å²) in [6, 6.07) is 4.07. The van der Waals surface area contributed by atoms with Crippen LogP contribution < -0.4 is 10.6 Å². The Hall–Kier alpha value is -2.28. The summed E-state index contributed by atoms with van der Waals surface area (Å²) in [6.45, 7) is 4.32. The molecule has 0 fully saturated rings. The van der Waals surface area contributed by atoms with Crippen LogP contribution >= 0.6 is 11.3 Å². The fourth-order valence-corrected chi connectivity index (χ4v) is 3.85. The molecule has 0 saturated heterocycles. The van der Waals surface area contributed by atoms with Crippen LogP contribution in [0.15, 0.2) is 18.2 Å². The zero-order chi connectivity index (χ0) is 17.3. The molecular weight excluding hydrogens is 329 g/mol. The number of nitrogens with zero attached hydrogens (tertiary/aromatic N) is 1. The van der Waals surface area contributed by atoms with Crippen molar-refractivity contribution >= 4 is 28.8 Å². The van der Waals surface area contributed by atoms with Crippen LogP contribution in [0, 0.1) is 12.7 Å². The molecule has 1 atom stereocenters. The van der Waals surface area contributed by atoms with E-state index in [4.69, 9.17) is 0 Å². The SMILES string of the molecule is CCc1nc(C)sc1CNC(=O)[C@H]1CC(=O)Nc2ccc(F)cc21. The number of nitrogens with one attached hydrogen (secondary N) is 2. The van der Waals surface area contributed by atoms with Crippen molar-refractivity contribution in [2.45, 2.75) is 39.2 Å². The number of aryl methyl sites for hydroxylation is 2. The van der Waals surface area contributed by atoms with Crippen LogP contribution in [0.3, 0.4) is 0 Å². The Labute approximate surface area is 143 Å². The van der Waals surface area contributed by atoms with Gasteiger partial charge in [-0.1, -0.05) is 6.92 Å². The van der Waals surface area contributed by atoms with Gasteiger partial charge in [-0.3, -0.25) is 9.59 Å². The second kappa shape index (κ2) is 6.68. The molecule has 0 bridgehead atoms. The molecule has 24 heavy (non-hydrogen) atoms. The standard InChI is InChI=1S/C17H18FN3O2S/c1-3-13-15(24-9(2)20-13)8-19-17(23)12-7-16(22)21-14-5-4-10(18)6-11(12)14/h4-6,12H,3,7-8H2,1-2H3,(H,19,23)(H,21,22)/t12-/m0/s1. The number of hydrogen-bond donors (Lipinski definition) is 2. The molecule has 0 radical (unpaired) electrons. The Balaban J connectivity index is 1.78. The monoisotopic (exact) mass is 347 g/mol. The minimum absolute atomic E-state index is 0.0185. The molecule has 1 aliphatic heterocycles. The number of amides is 2. The van der Waals surface area contributed by atoms with E-state index in [0.29, 0.717) is 17.8 Å². The summed E-state index contributed by atoms with van der Waals surface area (Å²) in [4.78, 5) is 29.8. The fraction of sp³-hybridized carbons (Fsp3) is 0.353. The number of carbonyl (C=O) groups excluding carboxylic acids is 2. The number of halogens is 1. The van der Waals surface area contributed by atoms with Gasteiger partial charge in [-0.15, -0.1) is 11.3 Å². The van der Waals surface area contributed by atoms with Crippen LogP contribution in [0.2, 0.25) is 0 Å². The molecule has 5 nitrogen and oxygen atoms in total. The van der Waals surface area contributed by atoms with Crippen LogP contribution in [0.5, 0.6) is 0 Å². The molecule has 1 aromatic heterocycles. The number of carbonyl (C=O) groups is 2. The van der Waals surface area contributed by atoms with Gasteiger partial charge >= 0.3 is 0 Å². The smallest absolute Gasteiger partial charge is 0.228 e. The summed E-state index contributed by atoms with van der Waals surface area (Å²) >= 11 is 1.55. The molecule has 2 amide bonds. The summed E-state index contributed by atoms with van der Waals surface area (Å²) in [5.41, 5.74) is 1.99. The van der Waals surface area contributed by atoms with Gasteiger partial charge in [-0.05, 0) is 37.1 Å². The van der Waals surface area contributed by atoms with Crippen LogP contribution in [-0.4, -0.2) is 16.8 Å². The predicted molar refractivity (Wildman–Crippen MR) is 90.5 cm³/mol. The Bertz CT molecular complexity index is 803. The highest BCUT2D eigenvalue weighted by Crippen LogP contribution is 2.33. The Kier molecular flexibility index (Phi) is 4.62. The van der Waals surface area contributed by atoms with Crippen molar-refractivity contribution in [3.63, 3.8) is 0 Å². The molecule has 126 valence electrons. The van der Waals surface area contributed by atoms with E-state index < -0.39 is 11.7 Å². The average molecular weight is 347 g/mol. The third-order valence-electron chi connectivity index (χ3n) is 4.01. The molecular formula is C17H18FN3O2S. The predicted octanol–water partition coefficient (Wildman–Crippen LogP) is 2.90. The molecule has 0 spiro atoms. The van der Waals surface area contributed by atoms with Crippen molar-refractivity contribution in [3.8, 4) is 0 Å². The first kappa shape index (κ1) is 16.6. The van der Waals surface area contributed by atoms with E-state index in [9.17, 15) is 14.0 Å². The van der Waals surface area contributed by atoms with Crippen molar-refractivity contribution in [1.82, 2.24) is 10.3 Å². The van der Waals surface area contributed by atoms with E-state index in [2.05, 4.69) is 15.6 Å². The van der Waals surface area contributed by atoms with Gasteiger partial charge in [0.2, 0.25) is 11.8 Å². The molecule has 0 saturated carbocycles. The van der Waals surface area contributed by atoms with Gasteiger partial charge in [-0.25, -0.2) is 9.37 Å². The van der Waals surface area contributed by atoms with Crippen molar-refractivity contribution in [1.29, 1.82) is 0 Å². The molecule has 1 aromatic carbocycles. The van der Waals surface area contributed by atoms with Crippen LogP contribution in [0.1, 0.15) is 40.4 Å². The lowest BCUT2D eigenvalue weighted by atomic mass is 9.89. The molecule has 0 aliphatic carbocycles. The summed E-state index contributed by atoms with van der Waals surface area (Å²) in [5, 5.41) is 6.50. The molecule has 7 heteroatoms. The number of hydrogen-bond acceptors (Lipinski definition) is 4. The normalized spacial score (nSPS) is 16.5. The van der Waals surface area contributed by atoms with E-state index in [1.165, 1.54) is 18.2 Å². The van der Waals surface area contributed by atoms with Gasteiger partial charge < -0.3 is 10.6 Å². The highest BCUT2D eigenvalue weighted by atomic mass is 32.1. The Morgan fingerprint density at radius 2 is 2.29 bits per heavy atom. The van der Waals surface area contributed by atoms with E-state index in [0.717, 1.165) is 22.0 Å². The van der Waals surface area contributed by atoms with Crippen molar-refractivity contribution in [2.75, 3.05) is 5.32 Å². The van der Waals surface area contributed by atoms with Crippen molar-refractivity contribution in [2.24, 2.45) is 0 Å². The van der Waals surface area contributed by atoms with Gasteiger partial charge in [0.15, 0.2) is 0 Å². The fourth-order valence-electron chi connectivity index (χ4n) is 2.88. The van der Waals surface area contributed by atoms with Gasteiger partial charge in [0, 0.05) is 17.0 Å². The first-order chi connectivity index (χ1) is 11.5. The Morgan fingerprint density at radius 3 is 3.04 bits per heavy atom. The van der Waals surface area contributed by atoms with Crippen molar-refractivity contribution in [3.05, 3.63) is 45.2 Å². The van der Waals surface area contributed by atoms with Gasteiger partial charge in [-0.2, -0.15) is 0 Å². The highest BCUT2D eigenvalue weighted by Gasteiger charge is 2.31. The van der Waals surface area contributed by atoms with E-state index in [1.54, 1.807) is 11.3 Å². The molecule has 2 heterocycles. The summed E-state index contributed by atoms with van der Waals surface area (Å²) in [6.07, 6.45) is 0.820. The lowest BCUT2D eigenvalue weighted by molar-refractivity contribution is -0.126. The van der Waals surface area contributed by atoms with Crippen LogP contribution in [-0.2, 0) is 22.6 Å². The minimum atomic E-state index is -0.677. The summed E-state index contributed by atoms with van der Waals surface area (Å²) in [5.74, 6) is -1.61. The number of fused-ring (bicyclic) bond motifs is 1. The topological polar surface area (TPSA) is 71.1 Å². The lowest BCUT2D eigenvalue weighted by Gasteiger charge is -2.24. The third-order valence-corrected chi connectivity index (χ3v) is 5.03.